The summed E-state index contributed by atoms with van der Waals surface area (Å²) in [7, 11) is -4.37. The first-order valence-electron chi connectivity index (χ1n) is 6.38. The molecule has 0 amide bonds. The molecule has 9 nitrogen and oxygen atoms in total. The van der Waals surface area contributed by atoms with E-state index in [1.807, 2.05) is 0 Å². The van der Waals surface area contributed by atoms with Crippen molar-refractivity contribution in [3.8, 4) is 5.88 Å². The van der Waals surface area contributed by atoms with Gasteiger partial charge < -0.3 is 25.4 Å². The second-order valence-electron chi connectivity index (χ2n) is 5.10. The van der Waals surface area contributed by atoms with Gasteiger partial charge in [0.1, 0.15) is 6.23 Å². The molecule has 0 bridgehead atoms. The van der Waals surface area contributed by atoms with Crippen molar-refractivity contribution in [1.29, 1.82) is 0 Å². The summed E-state index contributed by atoms with van der Waals surface area (Å²) in [6, 6.07) is -0.472. The van der Waals surface area contributed by atoms with Gasteiger partial charge in [-0.2, -0.15) is 0 Å². The molecule has 1 fully saturated rings. The molecule has 118 valence electrons. The summed E-state index contributed by atoms with van der Waals surface area (Å²) < 4.78 is 6.73. The number of aromatic nitrogens is 2. The van der Waals surface area contributed by atoms with E-state index in [1.54, 1.807) is 0 Å². The molecule has 1 aliphatic heterocycles. The van der Waals surface area contributed by atoms with Crippen molar-refractivity contribution < 1.29 is 83.6 Å². The molecule has 12 heteroatoms. The first kappa shape index (κ1) is 23.9. The Bertz CT molecular complexity index is 582. The molecule has 1 aromatic rings. The van der Waals surface area contributed by atoms with Gasteiger partial charge in [-0.25, -0.2) is 9.78 Å². The van der Waals surface area contributed by atoms with Crippen LogP contribution in [0.2, 0.25) is 0 Å². The monoisotopic (exact) mass is 363 g/mol. The molecule has 0 spiro atoms. The van der Waals surface area contributed by atoms with Gasteiger partial charge in [0, 0.05) is 33.0 Å². The van der Waals surface area contributed by atoms with Crippen molar-refractivity contribution in [2.75, 3.05) is 6.16 Å². The fourth-order valence-corrected chi connectivity index (χ4v) is 2.83. The zero-order valence-electron chi connectivity index (χ0n) is 13.3. The van der Waals surface area contributed by atoms with Gasteiger partial charge in [0.25, 0.3) is 0 Å². The molecular formula is C11H16N3Na2O6P. The van der Waals surface area contributed by atoms with Crippen LogP contribution in [0, 0.1) is 6.92 Å². The molecule has 0 saturated carbocycles. The van der Waals surface area contributed by atoms with Gasteiger partial charge in [-0.1, -0.05) is 0 Å². The number of nitrogens with zero attached hydrogens (tertiary/aromatic N) is 2. The molecule has 0 aliphatic carbocycles. The summed E-state index contributed by atoms with van der Waals surface area (Å²) in [5.41, 5.74) is 5.42. The van der Waals surface area contributed by atoms with E-state index in [1.165, 1.54) is 17.7 Å². The molecular weight excluding hydrogens is 347 g/mol. The predicted molar refractivity (Wildman–Crippen MR) is 67.8 cm³/mol. The van der Waals surface area contributed by atoms with Crippen LogP contribution in [-0.4, -0.2) is 32.8 Å². The minimum Gasteiger partial charge on any atom is -0.858 e. The fraction of sp³-hybridized carbons (Fsp3) is 0.636. The molecule has 1 saturated heterocycles. The van der Waals surface area contributed by atoms with E-state index in [0.717, 1.165) is 0 Å². The van der Waals surface area contributed by atoms with E-state index in [2.05, 4.69) is 4.98 Å². The smallest absolute Gasteiger partial charge is 0.858 e. The van der Waals surface area contributed by atoms with Crippen LogP contribution in [0.25, 0.3) is 0 Å². The third kappa shape index (κ3) is 6.62. The summed E-state index contributed by atoms with van der Waals surface area (Å²) in [6.07, 6.45) is -0.0578. The zero-order chi connectivity index (χ0) is 15.8. The molecule has 23 heavy (non-hydrogen) atoms. The summed E-state index contributed by atoms with van der Waals surface area (Å²) in [5, 5.41) is 11.3. The minimum atomic E-state index is -4.37. The molecule has 1 aromatic heterocycles. The fourth-order valence-electron chi connectivity index (χ4n) is 2.25. The number of ether oxygens (including phenoxy) is 1. The van der Waals surface area contributed by atoms with Crippen molar-refractivity contribution in [2.24, 2.45) is 5.73 Å². The Hall–Kier alpha value is 0.910. The van der Waals surface area contributed by atoms with Gasteiger partial charge in [-0.15, -0.1) is 0 Å². The van der Waals surface area contributed by atoms with Crippen LogP contribution in [0.1, 0.15) is 24.6 Å². The molecule has 3 N–H and O–H groups in total. The maximum absolute atomic E-state index is 11.7. The van der Waals surface area contributed by atoms with Crippen molar-refractivity contribution in [3.63, 3.8) is 0 Å². The Kier molecular flexibility index (Phi) is 9.94. The Morgan fingerprint density at radius 2 is 2.13 bits per heavy atom. The van der Waals surface area contributed by atoms with Gasteiger partial charge in [-0.05, 0) is 18.4 Å². The quantitative estimate of drug-likeness (QED) is 0.394. The summed E-state index contributed by atoms with van der Waals surface area (Å²) >= 11 is 0. The molecule has 1 aliphatic rings. The average molecular weight is 363 g/mol. The average Bonchev–Trinajstić information content (AvgIpc) is 2.72. The molecule has 0 aromatic carbocycles. The van der Waals surface area contributed by atoms with E-state index in [4.69, 9.17) is 15.4 Å². The summed E-state index contributed by atoms with van der Waals surface area (Å²) in [6.45, 7) is 1.52. The third-order valence-corrected chi connectivity index (χ3v) is 4.20. The van der Waals surface area contributed by atoms with E-state index in [0.29, 0.717) is 12.0 Å². The number of nitrogens with two attached hydrogens (primary N) is 1. The second-order valence-corrected chi connectivity index (χ2v) is 6.82. The predicted octanol–water partition coefficient (Wildman–Crippen LogP) is -8.89. The Morgan fingerprint density at radius 1 is 1.52 bits per heavy atom. The van der Waals surface area contributed by atoms with Crippen LogP contribution in [0.3, 0.4) is 0 Å². The van der Waals surface area contributed by atoms with Crippen LogP contribution in [0.5, 0.6) is 5.88 Å². The van der Waals surface area contributed by atoms with E-state index in [-0.39, 0.29) is 65.5 Å². The third-order valence-electron chi connectivity index (χ3n) is 3.38. The molecule has 0 unspecified atom stereocenters. The van der Waals surface area contributed by atoms with Gasteiger partial charge in [-0.3, -0.25) is 9.46 Å². The van der Waals surface area contributed by atoms with E-state index in [9.17, 15) is 19.7 Å². The summed E-state index contributed by atoms with van der Waals surface area (Å²) in [5.74, 6) is -0.595. The van der Waals surface area contributed by atoms with Crippen LogP contribution >= 0.6 is 7.94 Å². The first-order chi connectivity index (χ1) is 9.67. The van der Waals surface area contributed by atoms with Crippen molar-refractivity contribution in [2.45, 2.75) is 38.1 Å². The number of hydrogen-bond acceptors (Lipinski definition) is 8. The molecule has 3 atom stereocenters. The van der Waals surface area contributed by atoms with Gasteiger partial charge in [0.05, 0.1) is 12.3 Å². The largest absolute Gasteiger partial charge is 1.00 e. The van der Waals surface area contributed by atoms with E-state index < -0.39 is 44.0 Å². The SMILES string of the molecule is Cc1cn([C@H]2C[C@H](N)[C@@H](CC[P+]([O-])([O-])O)O2)c(=O)nc1[O-].[Na+].[Na+]. The van der Waals surface area contributed by atoms with Crippen molar-refractivity contribution >= 4 is 7.94 Å². The topological polar surface area (TPSA) is 160 Å². The zero-order valence-corrected chi connectivity index (χ0v) is 18.2. The van der Waals surface area contributed by atoms with Crippen molar-refractivity contribution in [3.05, 3.63) is 22.2 Å². The molecule has 2 heterocycles. The van der Waals surface area contributed by atoms with Gasteiger partial charge in [0.15, 0.2) is 0 Å². The van der Waals surface area contributed by atoms with Crippen LogP contribution in [-0.2, 0) is 4.74 Å². The van der Waals surface area contributed by atoms with Gasteiger partial charge in [0.2, 0.25) is 0 Å². The number of rotatable bonds is 4. The Morgan fingerprint density at radius 3 is 2.70 bits per heavy atom. The maximum atomic E-state index is 11.7. The van der Waals surface area contributed by atoms with Crippen LogP contribution in [0.15, 0.2) is 11.0 Å². The number of hydrogen-bond donors (Lipinski definition) is 2. The second kappa shape index (κ2) is 9.56. The van der Waals surface area contributed by atoms with Crippen molar-refractivity contribution in [1.82, 2.24) is 9.55 Å². The first-order valence-corrected chi connectivity index (χ1v) is 8.14. The summed E-state index contributed by atoms with van der Waals surface area (Å²) in [4.78, 5) is 45.4. The van der Waals surface area contributed by atoms with E-state index >= 15 is 0 Å². The van der Waals surface area contributed by atoms with Crippen LogP contribution < -0.4 is 85.4 Å². The van der Waals surface area contributed by atoms with Crippen LogP contribution in [0.4, 0.5) is 0 Å². The normalized spacial score (nSPS) is 24.0. The molecule has 0 radical (unpaired) electrons. The number of aryl methyl sites for hydroxylation is 1. The molecule has 2 rings (SSSR count). The van der Waals surface area contributed by atoms with Gasteiger partial charge >= 0.3 is 64.8 Å². The minimum absolute atomic E-state index is 0. The Labute approximate surface area is 178 Å². The standard InChI is InChI=1S/C11H18N3O6P.2Na/c1-6-5-14(11(16)13-10(6)15)9-4-7(12)8(20-9)2-3-21(17,18)19;;/h5,7-9H,2-4,12H2,1H3,(H,13,15,16)(H2,17,18,19);;/q;2*+1/p-2/t7-,8+,9+;;/m0../s1. The maximum Gasteiger partial charge on any atom is 1.00 e. The Balaban J connectivity index is 0.00000242.